The van der Waals surface area contributed by atoms with Gasteiger partial charge in [-0.15, -0.1) is 0 Å². The Hall–Kier alpha value is -3.87. The number of nitrogens with one attached hydrogen (secondary N) is 1. The fraction of sp³-hybridized carbons (Fsp3) is 0.154. The molecular weight excluding hydrogens is 561 g/mol. The van der Waals surface area contributed by atoms with E-state index in [0.717, 1.165) is 30.2 Å². The van der Waals surface area contributed by atoms with Crippen LogP contribution in [0.25, 0.3) is 6.08 Å². The molecule has 0 radical (unpaired) electrons. The van der Waals surface area contributed by atoms with Crippen molar-refractivity contribution in [1.82, 2.24) is 4.72 Å². The minimum Gasteiger partial charge on any atom is -0.465 e. The molecular formula is C26H20ClF3N2O6S. The van der Waals surface area contributed by atoms with E-state index in [1.165, 1.54) is 55.5 Å². The molecule has 1 aliphatic rings. The third kappa shape index (κ3) is 5.92. The molecule has 13 heteroatoms. The van der Waals surface area contributed by atoms with Gasteiger partial charge in [0.05, 0.1) is 35.3 Å². The molecule has 0 bridgehead atoms. The lowest BCUT2D eigenvalue weighted by molar-refractivity contribution is -0.137. The molecule has 39 heavy (non-hydrogen) atoms. The van der Waals surface area contributed by atoms with E-state index < -0.39 is 33.6 Å². The first kappa shape index (κ1) is 28.1. The number of alkyl halides is 3. The Bertz CT molecular complexity index is 1610. The van der Waals surface area contributed by atoms with Gasteiger partial charge in [-0.1, -0.05) is 17.7 Å². The van der Waals surface area contributed by atoms with Crippen molar-refractivity contribution in [2.24, 2.45) is 0 Å². The zero-order chi connectivity index (χ0) is 28.5. The summed E-state index contributed by atoms with van der Waals surface area (Å²) in [5, 5.41) is 0.376. The van der Waals surface area contributed by atoms with E-state index >= 15 is 0 Å². The zero-order valence-electron chi connectivity index (χ0n) is 20.4. The number of ether oxygens (including phenoxy) is 1. The SMILES string of the molecule is COC(=O)C1=C(C)N(c2cccc(C(F)(F)F)c2)C(=O)/C1=C\c1ccc(CNS(=O)(=O)c2ccc(Cl)cc2)o1. The van der Waals surface area contributed by atoms with E-state index in [0.29, 0.717) is 5.02 Å². The Kier molecular flexibility index (Phi) is 7.73. The number of carbonyl (C=O) groups is 2. The molecule has 0 unspecified atom stereocenters. The summed E-state index contributed by atoms with van der Waals surface area (Å²) in [6, 6.07) is 12.6. The molecule has 0 saturated carbocycles. The van der Waals surface area contributed by atoms with Crippen molar-refractivity contribution in [3.63, 3.8) is 0 Å². The van der Waals surface area contributed by atoms with Crippen LogP contribution in [0.4, 0.5) is 18.9 Å². The average molecular weight is 581 g/mol. The van der Waals surface area contributed by atoms with E-state index in [2.05, 4.69) is 4.72 Å². The van der Waals surface area contributed by atoms with Crippen LogP contribution in [-0.4, -0.2) is 27.4 Å². The average Bonchev–Trinajstić information content (AvgIpc) is 3.44. The molecule has 1 N–H and O–H groups in total. The molecule has 1 aromatic heterocycles. The quantitative estimate of drug-likeness (QED) is 0.300. The summed E-state index contributed by atoms with van der Waals surface area (Å²) in [6.45, 7) is 1.18. The highest BCUT2D eigenvalue weighted by Gasteiger charge is 2.39. The van der Waals surface area contributed by atoms with Crippen LogP contribution >= 0.6 is 11.6 Å². The predicted octanol–water partition coefficient (Wildman–Crippen LogP) is 5.31. The Balaban J connectivity index is 1.62. The Morgan fingerprint density at radius 2 is 1.82 bits per heavy atom. The number of benzene rings is 2. The van der Waals surface area contributed by atoms with Gasteiger partial charge in [-0.05, 0) is 67.6 Å². The molecule has 204 valence electrons. The van der Waals surface area contributed by atoms with Gasteiger partial charge in [0.15, 0.2) is 0 Å². The lowest BCUT2D eigenvalue weighted by Gasteiger charge is -2.19. The number of carbonyl (C=O) groups excluding carboxylic acids is 2. The summed E-state index contributed by atoms with van der Waals surface area (Å²) in [6.07, 6.45) is -3.40. The molecule has 4 rings (SSSR count). The summed E-state index contributed by atoms with van der Waals surface area (Å²) >= 11 is 5.79. The van der Waals surface area contributed by atoms with E-state index in [-0.39, 0.29) is 45.5 Å². The van der Waals surface area contributed by atoms with Crippen molar-refractivity contribution in [2.45, 2.75) is 24.5 Å². The van der Waals surface area contributed by atoms with Crippen molar-refractivity contribution in [3.8, 4) is 0 Å². The first-order valence-electron chi connectivity index (χ1n) is 11.2. The van der Waals surface area contributed by atoms with Crippen molar-refractivity contribution < 1.29 is 40.3 Å². The van der Waals surface area contributed by atoms with Crippen LogP contribution < -0.4 is 9.62 Å². The van der Waals surface area contributed by atoms with E-state index in [1.54, 1.807) is 0 Å². The van der Waals surface area contributed by atoms with Crippen molar-refractivity contribution >= 4 is 45.3 Å². The Morgan fingerprint density at radius 3 is 2.46 bits per heavy atom. The molecule has 0 saturated heterocycles. The molecule has 8 nitrogen and oxygen atoms in total. The molecule has 0 atom stereocenters. The minimum atomic E-state index is -4.64. The number of anilines is 1. The maximum Gasteiger partial charge on any atom is 0.416 e. The van der Waals surface area contributed by atoms with Gasteiger partial charge < -0.3 is 9.15 Å². The number of nitrogens with zero attached hydrogens (tertiary/aromatic N) is 1. The highest BCUT2D eigenvalue weighted by atomic mass is 35.5. The molecule has 3 aromatic rings. The lowest BCUT2D eigenvalue weighted by Crippen LogP contribution is -2.24. The van der Waals surface area contributed by atoms with Gasteiger partial charge in [-0.2, -0.15) is 13.2 Å². The second-order valence-electron chi connectivity index (χ2n) is 8.28. The highest BCUT2D eigenvalue weighted by Crippen LogP contribution is 2.38. The number of rotatable bonds is 7. The number of esters is 1. The number of halogens is 4. The summed E-state index contributed by atoms with van der Waals surface area (Å²) in [5.41, 5.74) is -1.30. The molecule has 0 spiro atoms. The zero-order valence-corrected chi connectivity index (χ0v) is 21.9. The van der Waals surface area contributed by atoms with Gasteiger partial charge in [0.1, 0.15) is 11.5 Å². The number of methoxy groups -OCH3 is 1. The summed E-state index contributed by atoms with van der Waals surface area (Å²) in [7, 11) is -2.77. The van der Waals surface area contributed by atoms with E-state index in [4.69, 9.17) is 20.8 Å². The number of hydrogen-bond donors (Lipinski definition) is 1. The minimum absolute atomic E-state index is 0.00429. The standard InChI is InChI=1S/C26H20ClF3N2O6S/c1-15-23(25(34)37-2)22(24(33)32(15)18-5-3-4-16(12-18)26(28,29)30)13-19-8-9-20(38-19)14-31-39(35,36)21-10-6-17(27)7-11-21/h3-13,31H,14H2,1-2H3/b22-13-. The monoisotopic (exact) mass is 580 g/mol. The summed E-state index contributed by atoms with van der Waals surface area (Å²) in [4.78, 5) is 26.9. The van der Waals surface area contributed by atoms with Crippen LogP contribution in [0.1, 0.15) is 24.0 Å². The van der Waals surface area contributed by atoms with Crippen molar-refractivity contribution in [1.29, 1.82) is 0 Å². The summed E-state index contributed by atoms with van der Waals surface area (Å²) in [5.74, 6) is -1.35. The van der Waals surface area contributed by atoms with Gasteiger partial charge in [0, 0.05) is 16.4 Å². The van der Waals surface area contributed by atoms with E-state index in [9.17, 15) is 31.2 Å². The number of amides is 1. The van der Waals surface area contributed by atoms with Gasteiger partial charge in [0.2, 0.25) is 10.0 Å². The maximum atomic E-state index is 13.3. The second-order valence-corrected chi connectivity index (χ2v) is 10.5. The van der Waals surface area contributed by atoms with Crippen LogP contribution in [0, 0.1) is 0 Å². The molecule has 1 amide bonds. The highest BCUT2D eigenvalue weighted by molar-refractivity contribution is 7.89. The molecule has 0 aliphatic carbocycles. The molecule has 1 aliphatic heterocycles. The predicted molar refractivity (Wildman–Crippen MR) is 136 cm³/mol. The van der Waals surface area contributed by atoms with Gasteiger partial charge in [-0.25, -0.2) is 17.9 Å². The second kappa shape index (κ2) is 10.7. The van der Waals surface area contributed by atoms with Gasteiger partial charge in [0.25, 0.3) is 5.91 Å². The number of sulfonamides is 1. The third-order valence-corrected chi connectivity index (χ3v) is 7.42. The van der Waals surface area contributed by atoms with Gasteiger partial charge >= 0.3 is 12.1 Å². The van der Waals surface area contributed by atoms with Crippen molar-refractivity contribution in [3.05, 3.63) is 99.6 Å². The topological polar surface area (TPSA) is 106 Å². The largest absolute Gasteiger partial charge is 0.465 e. The van der Waals surface area contributed by atoms with Crippen LogP contribution in [0.3, 0.4) is 0 Å². The van der Waals surface area contributed by atoms with Crippen LogP contribution in [0.5, 0.6) is 0 Å². The van der Waals surface area contributed by atoms with Gasteiger partial charge in [-0.3, -0.25) is 9.69 Å². The van der Waals surface area contributed by atoms with Crippen LogP contribution in [-0.2, 0) is 37.1 Å². The number of furan rings is 1. The summed E-state index contributed by atoms with van der Waals surface area (Å²) < 4.78 is 77.6. The van der Waals surface area contributed by atoms with E-state index in [1.807, 2.05) is 0 Å². The van der Waals surface area contributed by atoms with Crippen LogP contribution in [0.15, 0.2) is 86.8 Å². The maximum absolute atomic E-state index is 13.3. The lowest BCUT2D eigenvalue weighted by atomic mass is 10.1. The molecule has 2 aromatic carbocycles. The van der Waals surface area contributed by atoms with Crippen LogP contribution in [0.2, 0.25) is 5.02 Å². The number of hydrogen-bond acceptors (Lipinski definition) is 6. The fourth-order valence-electron chi connectivity index (χ4n) is 3.88. The third-order valence-electron chi connectivity index (χ3n) is 5.75. The Morgan fingerprint density at radius 1 is 1.13 bits per heavy atom. The first-order chi connectivity index (χ1) is 18.3. The first-order valence-corrected chi connectivity index (χ1v) is 13.0. The Labute approximate surface area is 226 Å². The molecule has 2 heterocycles. The fourth-order valence-corrected chi connectivity index (χ4v) is 5.00. The number of allylic oxidation sites excluding steroid dienone is 1. The van der Waals surface area contributed by atoms with Crippen molar-refractivity contribution in [2.75, 3.05) is 12.0 Å². The molecule has 0 fully saturated rings. The normalized spacial score (nSPS) is 15.4. The smallest absolute Gasteiger partial charge is 0.416 e.